The van der Waals surface area contributed by atoms with Gasteiger partial charge in [-0.05, 0) is 44.0 Å². The zero-order valence-electron chi connectivity index (χ0n) is 8.96. The van der Waals surface area contributed by atoms with Crippen LogP contribution in [0.4, 0.5) is 0 Å². The molecule has 1 aromatic rings. The number of ether oxygens (including phenoxy) is 1. The van der Waals surface area contributed by atoms with Gasteiger partial charge >= 0.3 is 0 Å². The lowest BCUT2D eigenvalue weighted by Gasteiger charge is -2.06. The Hall–Kier alpha value is -1.31. The fourth-order valence-corrected chi connectivity index (χ4v) is 1.12. The van der Waals surface area contributed by atoms with Crippen molar-refractivity contribution in [3.05, 3.63) is 29.3 Å². The molecule has 76 valence electrons. The molecule has 0 unspecified atom stereocenters. The molecular weight excluding hydrogens is 176 g/mol. The summed E-state index contributed by atoms with van der Waals surface area (Å²) in [6.07, 6.45) is 0.479. The van der Waals surface area contributed by atoms with E-state index >= 15 is 0 Å². The molecule has 0 aliphatic carbocycles. The average Bonchev–Trinajstić information content (AvgIpc) is 2.10. The lowest BCUT2D eigenvalue weighted by molar-refractivity contribution is -0.117. The molecular formula is C12H16O2. The molecule has 1 aromatic carbocycles. The van der Waals surface area contributed by atoms with Crippen LogP contribution in [0.2, 0.25) is 0 Å². The fraction of sp³-hybridized carbons (Fsp3) is 0.417. The molecule has 0 amide bonds. The van der Waals surface area contributed by atoms with Crippen LogP contribution in [0, 0.1) is 13.8 Å². The van der Waals surface area contributed by atoms with Gasteiger partial charge in [0.2, 0.25) is 0 Å². The first-order valence-electron chi connectivity index (χ1n) is 4.79. The molecule has 0 radical (unpaired) electrons. The smallest absolute Gasteiger partial charge is 0.133 e. The Bertz CT molecular complexity index is 329. The zero-order valence-corrected chi connectivity index (χ0v) is 8.96. The fourth-order valence-electron chi connectivity index (χ4n) is 1.12. The summed E-state index contributed by atoms with van der Waals surface area (Å²) in [5.41, 5.74) is 2.47. The van der Waals surface area contributed by atoms with Crippen LogP contribution in [0.25, 0.3) is 0 Å². The van der Waals surface area contributed by atoms with Gasteiger partial charge in [0, 0.05) is 6.42 Å². The Morgan fingerprint density at radius 3 is 2.57 bits per heavy atom. The van der Waals surface area contributed by atoms with Gasteiger partial charge < -0.3 is 4.74 Å². The monoisotopic (exact) mass is 192 g/mol. The van der Waals surface area contributed by atoms with Crippen LogP contribution in [0.15, 0.2) is 18.2 Å². The van der Waals surface area contributed by atoms with Crippen LogP contribution in [0.5, 0.6) is 5.75 Å². The van der Waals surface area contributed by atoms with Crippen LogP contribution < -0.4 is 4.74 Å². The van der Waals surface area contributed by atoms with Gasteiger partial charge in [-0.2, -0.15) is 0 Å². The third kappa shape index (κ3) is 3.21. The summed E-state index contributed by atoms with van der Waals surface area (Å²) in [5.74, 6) is 1.00. The largest absolute Gasteiger partial charge is 0.493 e. The molecule has 0 aromatic heterocycles. The van der Waals surface area contributed by atoms with Gasteiger partial charge in [-0.3, -0.25) is 4.79 Å². The molecule has 0 saturated heterocycles. The van der Waals surface area contributed by atoms with Crippen molar-refractivity contribution in [1.29, 1.82) is 0 Å². The minimum absolute atomic E-state index is 0.161. The lowest BCUT2D eigenvalue weighted by Crippen LogP contribution is -2.02. The van der Waals surface area contributed by atoms with E-state index in [4.69, 9.17) is 4.74 Å². The van der Waals surface area contributed by atoms with Crippen molar-refractivity contribution in [3.8, 4) is 5.75 Å². The van der Waals surface area contributed by atoms with Gasteiger partial charge in [0.1, 0.15) is 11.5 Å². The van der Waals surface area contributed by atoms with Crippen LogP contribution in [-0.4, -0.2) is 12.4 Å². The van der Waals surface area contributed by atoms with Crippen molar-refractivity contribution < 1.29 is 9.53 Å². The third-order valence-electron chi connectivity index (χ3n) is 2.20. The molecule has 1 rings (SSSR count). The summed E-state index contributed by atoms with van der Waals surface area (Å²) in [4.78, 5) is 10.7. The van der Waals surface area contributed by atoms with Gasteiger partial charge in [-0.25, -0.2) is 0 Å². The predicted octanol–water partition coefficient (Wildman–Crippen LogP) is 2.66. The highest BCUT2D eigenvalue weighted by Gasteiger charge is 1.98. The second kappa shape index (κ2) is 4.80. The first-order valence-corrected chi connectivity index (χ1v) is 4.79. The van der Waals surface area contributed by atoms with Crippen molar-refractivity contribution >= 4 is 5.78 Å². The highest BCUT2D eigenvalue weighted by atomic mass is 16.5. The molecule has 0 atom stereocenters. The molecule has 2 nitrogen and oxygen atoms in total. The van der Waals surface area contributed by atoms with Gasteiger partial charge in [0.25, 0.3) is 0 Å². The zero-order chi connectivity index (χ0) is 10.6. The highest BCUT2D eigenvalue weighted by molar-refractivity contribution is 5.75. The maximum atomic E-state index is 10.7. The van der Waals surface area contributed by atoms with E-state index < -0.39 is 0 Å². The van der Waals surface area contributed by atoms with E-state index in [9.17, 15) is 4.79 Å². The normalized spacial score (nSPS) is 9.93. The standard InChI is InChI=1S/C12H16O2/c1-9-4-5-12(8-10(9)2)14-7-6-11(3)13/h4-5,8H,6-7H2,1-3H3. The summed E-state index contributed by atoms with van der Waals surface area (Å²) in [7, 11) is 0. The first-order chi connectivity index (χ1) is 6.59. The number of benzene rings is 1. The van der Waals surface area contributed by atoms with E-state index in [1.165, 1.54) is 11.1 Å². The third-order valence-corrected chi connectivity index (χ3v) is 2.20. The topological polar surface area (TPSA) is 26.3 Å². The molecule has 0 aliphatic heterocycles. The molecule has 0 fully saturated rings. The van der Waals surface area contributed by atoms with E-state index in [0.717, 1.165) is 5.75 Å². The maximum Gasteiger partial charge on any atom is 0.133 e. The number of rotatable bonds is 4. The summed E-state index contributed by atoms with van der Waals surface area (Å²) in [6.45, 7) is 6.16. The highest BCUT2D eigenvalue weighted by Crippen LogP contribution is 2.16. The summed E-state index contributed by atoms with van der Waals surface area (Å²) in [6, 6.07) is 5.95. The van der Waals surface area contributed by atoms with Gasteiger partial charge in [0.05, 0.1) is 6.61 Å². The molecule has 0 heterocycles. The molecule has 14 heavy (non-hydrogen) atoms. The van der Waals surface area contributed by atoms with Gasteiger partial charge in [-0.1, -0.05) is 6.07 Å². The summed E-state index contributed by atoms with van der Waals surface area (Å²) < 4.78 is 5.43. The van der Waals surface area contributed by atoms with Crippen molar-refractivity contribution in [2.24, 2.45) is 0 Å². The summed E-state index contributed by atoms with van der Waals surface area (Å²) >= 11 is 0. The minimum atomic E-state index is 0.161. The van der Waals surface area contributed by atoms with Crippen molar-refractivity contribution in [3.63, 3.8) is 0 Å². The molecule has 0 spiro atoms. The number of aryl methyl sites for hydroxylation is 2. The van der Waals surface area contributed by atoms with E-state index in [-0.39, 0.29) is 5.78 Å². The Labute approximate surface area is 84.9 Å². The van der Waals surface area contributed by atoms with E-state index in [1.54, 1.807) is 6.92 Å². The van der Waals surface area contributed by atoms with Crippen LogP contribution in [-0.2, 0) is 4.79 Å². The SMILES string of the molecule is CC(=O)CCOc1ccc(C)c(C)c1. The number of hydrogen-bond acceptors (Lipinski definition) is 2. The number of hydrogen-bond donors (Lipinski definition) is 0. The first kappa shape index (κ1) is 10.8. The van der Waals surface area contributed by atoms with Crippen LogP contribution in [0.3, 0.4) is 0 Å². The lowest BCUT2D eigenvalue weighted by atomic mass is 10.1. The number of Topliss-reactive ketones (excluding diaryl/α,β-unsaturated/α-hetero) is 1. The second-order valence-electron chi connectivity index (χ2n) is 3.55. The van der Waals surface area contributed by atoms with Gasteiger partial charge in [0.15, 0.2) is 0 Å². The quantitative estimate of drug-likeness (QED) is 0.733. The van der Waals surface area contributed by atoms with Crippen molar-refractivity contribution in [1.82, 2.24) is 0 Å². The van der Waals surface area contributed by atoms with Crippen molar-refractivity contribution in [2.75, 3.05) is 6.61 Å². The van der Waals surface area contributed by atoms with Gasteiger partial charge in [-0.15, -0.1) is 0 Å². The Morgan fingerprint density at radius 1 is 1.29 bits per heavy atom. The summed E-state index contributed by atoms with van der Waals surface area (Å²) in [5, 5.41) is 0. The number of carbonyl (C=O) groups is 1. The molecule has 0 N–H and O–H groups in total. The Morgan fingerprint density at radius 2 is 2.00 bits per heavy atom. The predicted molar refractivity (Wildman–Crippen MR) is 56.7 cm³/mol. The molecule has 2 heteroatoms. The molecule has 0 saturated carbocycles. The minimum Gasteiger partial charge on any atom is -0.493 e. The number of ketones is 1. The molecule has 0 bridgehead atoms. The van der Waals surface area contributed by atoms with E-state index in [0.29, 0.717) is 13.0 Å². The van der Waals surface area contributed by atoms with Crippen LogP contribution >= 0.6 is 0 Å². The average molecular weight is 192 g/mol. The van der Waals surface area contributed by atoms with Crippen LogP contribution in [0.1, 0.15) is 24.5 Å². The van der Waals surface area contributed by atoms with E-state index in [1.807, 2.05) is 25.1 Å². The maximum absolute atomic E-state index is 10.7. The van der Waals surface area contributed by atoms with Crippen molar-refractivity contribution in [2.45, 2.75) is 27.2 Å². The second-order valence-corrected chi connectivity index (χ2v) is 3.55. The Balaban J connectivity index is 2.51. The van der Waals surface area contributed by atoms with E-state index in [2.05, 4.69) is 6.92 Å². The Kier molecular flexibility index (Phi) is 3.69. The molecule has 0 aliphatic rings. The number of carbonyl (C=O) groups excluding carboxylic acids is 1.